The first-order chi connectivity index (χ1) is 7.79. The standard InChI is InChI=1S/C13H18N2O/c1-2-10-5-3-6-11(9-10)15-13(16)12-7-4-8-14-12/h3,5-6,9,12,14H,2,4,7-8H2,1H3,(H,15,16)/t12-/m0/s1. The van der Waals surface area contributed by atoms with Crippen LogP contribution in [0.1, 0.15) is 25.3 Å². The molecule has 1 atom stereocenters. The van der Waals surface area contributed by atoms with Gasteiger partial charge in [-0.2, -0.15) is 0 Å². The molecule has 3 nitrogen and oxygen atoms in total. The van der Waals surface area contributed by atoms with Crippen molar-refractivity contribution in [2.45, 2.75) is 32.2 Å². The molecule has 2 N–H and O–H groups in total. The van der Waals surface area contributed by atoms with E-state index in [2.05, 4.69) is 23.6 Å². The molecule has 1 heterocycles. The van der Waals surface area contributed by atoms with E-state index in [1.807, 2.05) is 18.2 Å². The topological polar surface area (TPSA) is 41.1 Å². The van der Waals surface area contributed by atoms with Crippen molar-refractivity contribution >= 4 is 11.6 Å². The lowest BCUT2D eigenvalue weighted by Gasteiger charge is -2.11. The Kier molecular flexibility index (Phi) is 3.57. The third-order valence-electron chi connectivity index (χ3n) is 2.98. The van der Waals surface area contributed by atoms with Crippen molar-refractivity contribution in [2.75, 3.05) is 11.9 Å². The molecule has 86 valence electrons. The Hall–Kier alpha value is -1.35. The number of nitrogens with one attached hydrogen (secondary N) is 2. The van der Waals surface area contributed by atoms with E-state index >= 15 is 0 Å². The summed E-state index contributed by atoms with van der Waals surface area (Å²) in [4.78, 5) is 11.8. The molecule has 0 aromatic heterocycles. The predicted molar refractivity (Wildman–Crippen MR) is 65.5 cm³/mol. The van der Waals surface area contributed by atoms with E-state index in [1.54, 1.807) is 0 Å². The molecule has 0 radical (unpaired) electrons. The quantitative estimate of drug-likeness (QED) is 0.814. The number of amides is 1. The van der Waals surface area contributed by atoms with Crippen LogP contribution in [0.5, 0.6) is 0 Å². The first-order valence-electron chi connectivity index (χ1n) is 5.93. The molecular formula is C13H18N2O. The van der Waals surface area contributed by atoms with Crippen LogP contribution in [-0.2, 0) is 11.2 Å². The van der Waals surface area contributed by atoms with E-state index in [-0.39, 0.29) is 11.9 Å². The molecule has 16 heavy (non-hydrogen) atoms. The van der Waals surface area contributed by atoms with Gasteiger partial charge in [0.1, 0.15) is 0 Å². The van der Waals surface area contributed by atoms with Gasteiger partial charge in [0.05, 0.1) is 6.04 Å². The number of carbonyl (C=O) groups excluding carboxylic acids is 1. The third kappa shape index (κ3) is 2.61. The minimum Gasteiger partial charge on any atom is -0.325 e. The summed E-state index contributed by atoms with van der Waals surface area (Å²) in [5.74, 6) is 0.0887. The second-order valence-electron chi connectivity index (χ2n) is 4.19. The van der Waals surface area contributed by atoms with Gasteiger partial charge in [0, 0.05) is 5.69 Å². The summed E-state index contributed by atoms with van der Waals surface area (Å²) >= 11 is 0. The van der Waals surface area contributed by atoms with Gasteiger partial charge in [-0.05, 0) is 43.5 Å². The van der Waals surface area contributed by atoms with Crippen molar-refractivity contribution in [1.29, 1.82) is 0 Å². The first-order valence-corrected chi connectivity index (χ1v) is 5.93. The number of hydrogen-bond donors (Lipinski definition) is 2. The van der Waals surface area contributed by atoms with Crippen LogP contribution in [0.3, 0.4) is 0 Å². The summed E-state index contributed by atoms with van der Waals surface area (Å²) in [5, 5.41) is 6.15. The fourth-order valence-electron chi connectivity index (χ4n) is 2.01. The number of hydrogen-bond acceptors (Lipinski definition) is 2. The van der Waals surface area contributed by atoms with Gasteiger partial charge in [0.2, 0.25) is 5.91 Å². The highest BCUT2D eigenvalue weighted by atomic mass is 16.2. The van der Waals surface area contributed by atoms with E-state index in [0.29, 0.717) is 0 Å². The Balaban J connectivity index is 1.99. The molecule has 3 heteroatoms. The molecule has 1 aromatic carbocycles. The molecular weight excluding hydrogens is 200 g/mol. The van der Waals surface area contributed by atoms with Crippen molar-refractivity contribution < 1.29 is 4.79 Å². The number of anilines is 1. The van der Waals surface area contributed by atoms with E-state index in [1.165, 1.54) is 5.56 Å². The van der Waals surface area contributed by atoms with Gasteiger partial charge in [0.15, 0.2) is 0 Å². The molecule has 1 aliphatic heterocycles. The zero-order valence-corrected chi connectivity index (χ0v) is 9.62. The average Bonchev–Trinajstić information content (AvgIpc) is 2.83. The smallest absolute Gasteiger partial charge is 0.241 e. The van der Waals surface area contributed by atoms with Gasteiger partial charge in [-0.25, -0.2) is 0 Å². The largest absolute Gasteiger partial charge is 0.325 e. The summed E-state index contributed by atoms with van der Waals surface area (Å²) in [6.45, 7) is 3.06. The molecule has 0 unspecified atom stereocenters. The van der Waals surface area contributed by atoms with Crippen molar-refractivity contribution in [2.24, 2.45) is 0 Å². The van der Waals surface area contributed by atoms with Crippen LogP contribution < -0.4 is 10.6 Å². The molecule has 1 aromatic rings. The number of rotatable bonds is 3. The van der Waals surface area contributed by atoms with Crippen molar-refractivity contribution in [3.05, 3.63) is 29.8 Å². The highest BCUT2D eigenvalue weighted by Crippen LogP contribution is 2.13. The van der Waals surface area contributed by atoms with E-state index in [0.717, 1.165) is 31.5 Å². The van der Waals surface area contributed by atoms with Crippen LogP contribution >= 0.6 is 0 Å². The van der Waals surface area contributed by atoms with Gasteiger partial charge >= 0.3 is 0 Å². The second kappa shape index (κ2) is 5.12. The van der Waals surface area contributed by atoms with E-state index < -0.39 is 0 Å². The Bertz CT molecular complexity index is 370. The summed E-state index contributed by atoms with van der Waals surface area (Å²) in [5.41, 5.74) is 2.15. The maximum Gasteiger partial charge on any atom is 0.241 e. The van der Waals surface area contributed by atoms with Crippen LogP contribution in [-0.4, -0.2) is 18.5 Å². The first kappa shape index (κ1) is 11.1. The van der Waals surface area contributed by atoms with Gasteiger partial charge in [-0.3, -0.25) is 4.79 Å². The van der Waals surface area contributed by atoms with Gasteiger partial charge in [-0.1, -0.05) is 19.1 Å². The highest BCUT2D eigenvalue weighted by molar-refractivity contribution is 5.95. The molecule has 0 bridgehead atoms. The van der Waals surface area contributed by atoms with Gasteiger partial charge < -0.3 is 10.6 Å². The normalized spacial score (nSPS) is 19.7. The average molecular weight is 218 g/mol. The molecule has 1 aliphatic rings. The molecule has 0 spiro atoms. The second-order valence-corrected chi connectivity index (χ2v) is 4.19. The maximum atomic E-state index is 11.8. The number of aryl methyl sites for hydroxylation is 1. The summed E-state index contributed by atoms with van der Waals surface area (Å²) < 4.78 is 0. The fourth-order valence-corrected chi connectivity index (χ4v) is 2.01. The minimum atomic E-state index is -0.00900. The van der Waals surface area contributed by atoms with Gasteiger partial charge in [0.25, 0.3) is 0 Å². The Morgan fingerprint density at radius 1 is 1.56 bits per heavy atom. The lowest BCUT2D eigenvalue weighted by atomic mass is 10.1. The third-order valence-corrected chi connectivity index (χ3v) is 2.98. The van der Waals surface area contributed by atoms with Crippen LogP contribution in [0.15, 0.2) is 24.3 Å². The predicted octanol–water partition coefficient (Wildman–Crippen LogP) is 1.94. The van der Waals surface area contributed by atoms with Crippen LogP contribution in [0, 0.1) is 0 Å². The Labute approximate surface area is 96.2 Å². The Morgan fingerprint density at radius 2 is 2.44 bits per heavy atom. The molecule has 2 rings (SSSR count). The number of carbonyl (C=O) groups is 1. The van der Waals surface area contributed by atoms with Crippen molar-refractivity contribution in [3.63, 3.8) is 0 Å². The monoisotopic (exact) mass is 218 g/mol. The van der Waals surface area contributed by atoms with E-state index in [9.17, 15) is 4.79 Å². The number of benzene rings is 1. The lowest BCUT2D eigenvalue weighted by molar-refractivity contribution is -0.117. The van der Waals surface area contributed by atoms with Crippen LogP contribution in [0.4, 0.5) is 5.69 Å². The Morgan fingerprint density at radius 3 is 3.12 bits per heavy atom. The van der Waals surface area contributed by atoms with Gasteiger partial charge in [-0.15, -0.1) is 0 Å². The summed E-state index contributed by atoms with van der Waals surface area (Å²) in [6, 6.07) is 8.02. The van der Waals surface area contributed by atoms with Crippen LogP contribution in [0.2, 0.25) is 0 Å². The summed E-state index contributed by atoms with van der Waals surface area (Å²) in [6.07, 6.45) is 3.03. The van der Waals surface area contributed by atoms with Crippen molar-refractivity contribution in [3.8, 4) is 0 Å². The summed E-state index contributed by atoms with van der Waals surface area (Å²) in [7, 11) is 0. The lowest BCUT2D eigenvalue weighted by Crippen LogP contribution is -2.35. The zero-order chi connectivity index (χ0) is 11.4. The molecule has 1 fully saturated rings. The maximum absolute atomic E-state index is 11.8. The highest BCUT2D eigenvalue weighted by Gasteiger charge is 2.21. The van der Waals surface area contributed by atoms with E-state index in [4.69, 9.17) is 0 Å². The SMILES string of the molecule is CCc1cccc(NC(=O)[C@@H]2CCCN2)c1. The van der Waals surface area contributed by atoms with Crippen molar-refractivity contribution in [1.82, 2.24) is 5.32 Å². The molecule has 1 amide bonds. The molecule has 1 saturated heterocycles. The fraction of sp³-hybridized carbons (Fsp3) is 0.462. The molecule has 0 saturated carbocycles. The minimum absolute atomic E-state index is 0.00900. The zero-order valence-electron chi connectivity index (χ0n) is 9.62. The van der Waals surface area contributed by atoms with Crippen LogP contribution in [0.25, 0.3) is 0 Å². The molecule has 0 aliphatic carbocycles.